The van der Waals surface area contributed by atoms with Crippen LogP contribution < -0.4 is 0 Å². The molecule has 66 valence electrons. The van der Waals surface area contributed by atoms with E-state index in [4.69, 9.17) is 18.6 Å². The van der Waals surface area contributed by atoms with Crippen LogP contribution in [-0.4, -0.2) is 26.7 Å². The third kappa shape index (κ3) is 1.37. The van der Waals surface area contributed by atoms with Crippen LogP contribution in [-0.2, 0) is 18.6 Å². The van der Waals surface area contributed by atoms with Gasteiger partial charge in [0.2, 0.25) is 0 Å². The Hall–Kier alpha value is -0.470. The van der Waals surface area contributed by atoms with Gasteiger partial charge in [0.05, 0.1) is 13.6 Å². The first-order valence-corrected chi connectivity index (χ1v) is 4.08. The van der Waals surface area contributed by atoms with Crippen molar-refractivity contribution in [3.05, 3.63) is 0 Å². The summed E-state index contributed by atoms with van der Waals surface area (Å²) in [6, 6.07) is 0. The van der Waals surface area contributed by atoms with Crippen LogP contribution in [0.4, 0.5) is 0 Å². The molecule has 0 unspecified atom stereocenters. The summed E-state index contributed by atoms with van der Waals surface area (Å²) in [6.45, 7) is 1.64. The maximum Gasteiger partial charge on any atom is 0.310 e. The van der Waals surface area contributed by atoms with Gasteiger partial charge in [-0.15, -0.1) is 13.6 Å². The zero-order valence-electron chi connectivity index (χ0n) is 7.20. The van der Waals surface area contributed by atoms with E-state index in [9.17, 15) is 0 Å². The van der Waals surface area contributed by atoms with E-state index in [2.05, 4.69) is 11.6 Å². The van der Waals surface area contributed by atoms with Crippen molar-refractivity contribution in [3.8, 4) is 11.6 Å². The Bertz CT molecular complexity index is 224. The predicted octanol–water partition coefficient (Wildman–Crippen LogP) is 0.221. The van der Waals surface area contributed by atoms with Crippen molar-refractivity contribution in [2.24, 2.45) is 0 Å². The summed E-state index contributed by atoms with van der Waals surface area (Å²) in [5.74, 6) is 5.77. The number of hydrogen-bond donors (Lipinski definition) is 0. The molecule has 2 rings (SSSR count). The maximum atomic E-state index is 5.15. The highest BCUT2D eigenvalue weighted by atomic mass is 16.8. The van der Waals surface area contributed by atoms with Gasteiger partial charge in [-0.25, -0.2) is 0 Å². The molecule has 0 aromatic carbocycles. The zero-order valence-corrected chi connectivity index (χ0v) is 7.20. The van der Waals surface area contributed by atoms with Gasteiger partial charge in [-0.3, -0.25) is 11.6 Å². The summed E-state index contributed by atoms with van der Waals surface area (Å²) < 4.78 is 20.6. The average molecular weight is 168 g/mol. The molecule has 0 amide bonds. The van der Waals surface area contributed by atoms with Gasteiger partial charge in [0.15, 0.2) is 0 Å². The molecule has 0 spiro atoms. The Labute approximate surface area is 71.5 Å². The fourth-order valence-electron chi connectivity index (χ4n) is 1.01. The Morgan fingerprint density at radius 2 is 1.17 bits per heavy atom. The molecule has 0 saturated carbocycles. The second kappa shape index (κ2) is 2.51. The number of hydrogen-bond acceptors (Lipinski definition) is 4. The van der Waals surface area contributed by atoms with Crippen LogP contribution >= 0.6 is 0 Å². The Kier molecular flexibility index (Phi) is 1.70. The van der Waals surface area contributed by atoms with Gasteiger partial charge in [0, 0.05) is 0 Å². The summed E-state index contributed by atoms with van der Waals surface area (Å²) in [5.41, 5.74) is 0. The summed E-state index contributed by atoms with van der Waals surface area (Å²) in [5, 5.41) is 0. The van der Waals surface area contributed by atoms with Gasteiger partial charge in [0.1, 0.15) is 0 Å². The monoisotopic (exact) mass is 168 g/mol. The lowest BCUT2D eigenvalue weighted by molar-refractivity contribution is -0.0252. The van der Waals surface area contributed by atoms with Gasteiger partial charge in [0.25, 0.3) is 0 Å². The van der Waals surface area contributed by atoms with E-state index in [1.807, 2.05) is 13.6 Å². The minimum absolute atomic E-state index is 0.344. The summed E-state index contributed by atoms with van der Waals surface area (Å²) >= 11 is 0. The van der Waals surface area contributed by atoms with Crippen LogP contribution in [0.1, 0.15) is 0 Å². The SMILES string of the molecule is C[B-]1(C#C[B-]2(C)OCO2)OCO1. The van der Waals surface area contributed by atoms with Crippen molar-refractivity contribution in [1.82, 2.24) is 0 Å². The first-order chi connectivity index (χ1) is 5.62. The molecule has 0 radical (unpaired) electrons. The second-order valence-corrected chi connectivity index (χ2v) is 3.38. The van der Waals surface area contributed by atoms with Gasteiger partial charge in [-0.05, 0) is 0 Å². The van der Waals surface area contributed by atoms with Crippen LogP contribution in [0.5, 0.6) is 0 Å². The molecule has 0 bridgehead atoms. The molecule has 0 aliphatic carbocycles. The molecule has 4 nitrogen and oxygen atoms in total. The van der Waals surface area contributed by atoms with Gasteiger partial charge in [-0.2, -0.15) is 0 Å². The lowest BCUT2D eigenvalue weighted by Gasteiger charge is -2.48. The minimum atomic E-state index is -1.35. The minimum Gasteiger partial charge on any atom is -0.540 e. The normalized spacial score (nSPS) is 29.2. The van der Waals surface area contributed by atoms with Crippen LogP contribution in [0.15, 0.2) is 0 Å². The molecule has 2 heterocycles. The molecule has 6 heteroatoms. The summed E-state index contributed by atoms with van der Waals surface area (Å²) in [7, 11) is 0. The highest BCUT2D eigenvalue weighted by molar-refractivity contribution is 6.81. The average Bonchev–Trinajstić information content (AvgIpc) is 1.93. The standard InChI is InChI=1S/C6H10B2O4/c1-7(9-5-10-7)3-4-8(2)11-6-12-8/h5-6H2,1-2H3/q-2. The second-order valence-electron chi connectivity index (χ2n) is 3.38. The van der Waals surface area contributed by atoms with E-state index >= 15 is 0 Å². The van der Waals surface area contributed by atoms with Crippen molar-refractivity contribution >= 4 is 13.1 Å². The van der Waals surface area contributed by atoms with Gasteiger partial charge >= 0.3 is 13.1 Å². The van der Waals surface area contributed by atoms with E-state index in [0.29, 0.717) is 13.6 Å². The van der Waals surface area contributed by atoms with E-state index in [1.54, 1.807) is 0 Å². The lowest BCUT2D eigenvalue weighted by atomic mass is 9.53. The van der Waals surface area contributed by atoms with Gasteiger partial charge in [-0.1, -0.05) is 0 Å². The fraction of sp³-hybridized carbons (Fsp3) is 0.667. The van der Waals surface area contributed by atoms with Crippen LogP contribution in [0.2, 0.25) is 13.6 Å². The highest BCUT2D eigenvalue weighted by Gasteiger charge is 2.28. The molecule has 2 fully saturated rings. The zero-order chi connectivity index (χ0) is 8.66. The van der Waals surface area contributed by atoms with Crippen molar-refractivity contribution in [2.75, 3.05) is 13.6 Å². The van der Waals surface area contributed by atoms with Crippen molar-refractivity contribution in [1.29, 1.82) is 0 Å². The smallest absolute Gasteiger partial charge is 0.310 e. The van der Waals surface area contributed by atoms with Crippen LogP contribution in [0.25, 0.3) is 0 Å². The molecule has 12 heavy (non-hydrogen) atoms. The molecule has 2 aliphatic heterocycles. The van der Waals surface area contributed by atoms with Crippen molar-refractivity contribution < 1.29 is 18.6 Å². The van der Waals surface area contributed by atoms with Crippen LogP contribution in [0, 0.1) is 11.6 Å². The molecule has 2 aliphatic rings. The predicted molar refractivity (Wildman–Crippen MR) is 45.1 cm³/mol. The quantitative estimate of drug-likeness (QED) is 0.382. The molecular weight excluding hydrogens is 158 g/mol. The Morgan fingerprint density at radius 3 is 1.33 bits per heavy atom. The summed E-state index contributed by atoms with van der Waals surface area (Å²) in [4.78, 5) is 0. The summed E-state index contributed by atoms with van der Waals surface area (Å²) in [6.07, 6.45) is 0. The van der Waals surface area contributed by atoms with E-state index in [1.165, 1.54) is 0 Å². The maximum absolute atomic E-state index is 5.15. The van der Waals surface area contributed by atoms with Crippen molar-refractivity contribution in [3.63, 3.8) is 0 Å². The van der Waals surface area contributed by atoms with Crippen molar-refractivity contribution in [2.45, 2.75) is 13.6 Å². The fourth-order valence-corrected chi connectivity index (χ4v) is 1.01. The van der Waals surface area contributed by atoms with Crippen LogP contribution in [0.3, 0.4) is 0 Å². The third-order valence-corrected chi connectivity index (χ3v) is 2.15. The van der Waals surface area contributed by atoms with E-state index in [0.717, 1.165) is 0 Å². The Balaban J connectivity index is 1.99. The topological polar surface area (TPSA) is 36.9 Å². The molecular formula is C6H10B2O4-2. The van der Waals surface area contributed by atoms with Gasteiger partial charge < -0.3 is 18.6 Å². The number of rotatable bonds is 0. The molecule has 0 N–H and O–H groups in total. The first kappa shape index (κ1) is 8.14. The highest BCUT2D eigenvalue weighted by Crippen LogP contribution is 2.19. The molecule has 0 aromatic heterocycles. The Morgan fingerprint density at radius 1 is 0.833 bits per heavy atom. The third-order valence-electron chi connectivity index (χ3n) is 2.15. The molecule has 0 atom stereocenters. The van der Waals surface area contributed by atoms with E-state index < -0.39 is 13.1 Å². The lowest BCUT2D eigenvalue weighted by Crippen LogP contribution is -2.52. The molecule has 2 saturated heterocycles. The van der Waals surface area contributed by atoms with E-state index in [-0.39, 0.29) is 0 Å². The first-order valence-electron chi connectivity index (χ1n) is 4.08. The molecule has 0 aromatic rings. The largest absolute Gasteiger partial charge is 0.540 e.